The Kier molecular flexibility index (Phi) is 4.33. The Balaban J connectivity index is 1.89. The molecule has 1 fully saturated rings. The van der Waals surface area contributed by atoms with Crippen LogP contribution in [0.2, 0.25) is 5.02 Å². The summed E-state index contributed by atoms with van der Waals surface area (Å²) >= 11 is 6.14. The number of benzene rings is 2. The van der Waals surface area contributed by atoms with Crippen LogP contribution in [0.4, 0.5) is 11.4 Å². The quantitative estimate of drug-likeness (QED) is 0.857. The summed E-state index contributed by atoms with van der Waals surface area (Å²) in [5, 5.41) is 3.64. The monoisotopic (exact) mass is 342 g/mol. The van der Waals surface area contributed by atoms with E-state index in [1.165, 1.54) is 10.5 Å². The average molecular weight is 343 g/mol. The number of nitrogens with zero attached hydrogens (tertiary/aromatic N) is 1. The van der Waals surface area contributed by atoms with Gasteiger partial charge in [0.1, 0.15) is 6.04 Å². The summed E-state index contributed by atoms with van der Waals surface area (Å²) in [4.78, 5) is 26.3. The molecule has 1 N–H and O–H groups in total. The van der Waals surface area contributed by atoms with E-state index in [4.69, 9.17) is 11.6 Å². The molecule has 0 bridgehead atoms. The highest BCUT2D eigenvalue weighted by Gasteiger charge is 2.40. The van der Waals surface area contributed by atoms with Crippen LogP contribution in [0.1, 0.15) is 23.1 Å². The maximum absolute atomic E-state index is 12.7. The molecule has 1 atom stereocenters. The van der Waals surface area contributed by atoms with Crippen molar-refractivity contribution >= 4 is 34.8 Å². The van der Waals surface area contributed by atoms with Crippen molar-refractivity contribution < 1.29 is 9.59 Å². The van der Waals surface area contributed by atoms with Crippen LogP contribution in [0.5, 0.6) is 0 Å². The topological polar surface area (TPSA) is 49.4 Å². The summed E-state index contributed by atoms with van der Waals surface area (Å²) in [5.74, 6) is -0.513. The summed E-state index contributed by atoms with van der Waals surface area (Å²) < 4.78 is 0. The van der Waals surface area contributed by atoms with Gasteiger partial charge in [0.05, 0.1) is 17.1 Å². The van der Waals surface area contributed by atoms with E-state index in [0.29, 0.717) is 10.7 Å². The molecule has 1 heterocycles. The van der Waals surface area contributed by atoms with Crippen molar-refractivity contribution in [3.05, 3.63) is 58.1 Å². The molecule has 0 aliphatic carbocycles. The first-order valence-electron chi connectivity index (χ1n) is 7.84. The first kappa shape index (κ1) is 16.5. The fraction of sp³-hybridized carbons (Fsp3) is 0.263. The van der Waals surface area contributed by atoms with Crippen molar-refractivity contribution in [1.82, 2.24) is 0 Å². The Labute approximate surface area is 146 Å². The minimum Gasteiger partial charge on any atom is -0.373 e. The molecule has 4 nitrogen and oxygen atoms in total. The van der Waals surface area contributed by atoms with Crippen LogP contribution < -0.4 is 10.2 Å². The third kappa shape index (κ3) is 2.89. The average Bonchev–Trinajstić information content (AvgIpc) is 2.78. The number of carbonyl (C=O) groups excluding carboxylic acids is 2. The van der Waals surface area contributed by atoms with E-state index in [1.807, 2.05) is 20.8 Å². The Bertz CT molecular complexity index is 809. The van der Waals surface area contributed by atoms with Crippen LogP contribution in [-0.4, -0.2) is 17.9 Å². The van der Waals surface area contributed by atoms with E-state index in [9.17, 15) is 9.59 Å². The normalized spacial score (nSPS) is 17.5. The molecule has 2 aromatic carbocycles. The molecule has 1 saturated heterocycles. The second-order valence-corrected chi connectivity index (χ2v) is 6.60. The fourth-order valence-corrected chi connectivity index (χ4v) is 3.43. The van der Waals surface area contributed by atoms with Gasteiger partial charge in [0.2, 0.25) is 5.91 Å². The minimum absolute atomic E-state index is 0.122. The Morgan fingerprint density at radius 2 is 1.71 bits per heavy atom. The van der Waals surface area contributed by atoms with Gasteiger partial charge in [-0.15, -0.1) is 0 Å². The molecule has 2 aromatic rings. The largest absolute Gasteiger partial charge is 0.373 e. The van der Waals surface area contributed by atoms with Crippen molar-refractivity contribution in [2.75, 3.05) is 10.2 Å². The van der Waals surface area contributed by atoms with E-state index in [-0.39, 0.29) is 18.2 Å². The molecular weight excluding hydrogens is 324 g/mol. The van der Waals surface area contributed by atoms with Crippen LogP contribution >= 0.6 is 11.6 Å². The lowest BCUT2D eigenvalue weighted by atomic mass is 10.0. The Morgan fingerprint density at radius 3 is 2.33 bits per heavy atom. The summed E-state index contributed by atoms with van der Waals surface area (Å²) in [6, 6.07) is 10.4. The van der Waals surface area contributed by atoms with Crippen molar-refractivity contribution in [2.24, 2.45) is 0 Å². The lowest BCUT2D eigenvalue weighted by Crippen LogP contribution is -2.35. The van der Waals surface area contributed by atoms with E-state index in [1.54, 1.807) is 24.3 Å². The molecule has 0 saturated carbocycles. The highest BCUT2D eigenvalue weighted by molar-refractivity contribution is 6.36. The summed E-state index contributed by atoms with van der Waals surface area (Å²) in [5.41, 5.74) is 4.64. The predicted octanol–water partition coefficient (Wildman–Crippen LogP) is 4.01. The van der Waals surface area contributed by atoms with Gasteiger partial charge >= 0.3 is 0 Å². The number of para-hydroxylation sites is 1. The Morgan fingerprint density at radius 1 is 1.08 bits per heavy atom. The van der Waals surface area contributed by atoms with Crippen molar-refractivity contribution in [2.45, 2.75) is 33.2 Å². The van der Waals surface area contributed by atoms with Crippen molar-refractivity contribution in [3.63, 3.8) is 0 Å². The van der Waals surface area contributed by atoms with Gasteiger partial charge < -0.3 is 5.32 Å². The van der Waals surface area contributed by atoms with Crippen LogP contribution in [0.15, 0.2) is 36.4 Å². The number of amides is 2. The number of nitrogens with one attached hydrogen (secondary N) is 1. The van der Waals surface area contributed by atoms with Crippen LogP contribution in [0, 0.1) is 20.8 Å². The van der Waals surface area contributed by atoms with Gasteiger partial charge in [0.15, 0.2) is 0 Å². The second-order valence-electron chi connectivity index (χ2n) is 6.19. The summed E-state index contributed by atoms with van der Waals surface area (Å²) in [6.07, 6.45) is 0.122. The molecule has 24 heavy (non-hydrogen) atoms. The molecule has 3 rings (SSSR count). The third-order valence-corrected chi connectivity index (χ3v) is 4.56. The summed E-state index contributed by atoms with van der Waals surface area (Å²) in [6.45, 7) is 6.03. The molecule has 0 radical (unpaired) electrons. The lowest BCUT2D eigenvalue weighted by molar-refractivity contribution is -0.121. The predicted molar refractivity (Wildman–Crippen MR) is 96.6 cm³/mol. The van der Waals surface area contributed by atoms with Crippen LogP contribution in [-0.2, 0) is 9.59 Å². The molecule has 0 aromatic heterocycles. The highest BCUT2D eigenvalue weighted by Crippen LogP contribution is 2.32. The highest BCUT2D eigenvalue weighted by atomic mass is 35.5. The first-order valence-corrected chi connectivity index (χ1v) is 8.22. The molecule has 1 aliphatic rings. The van der Waals surface area contributed by atoms with Gasteiger partial charge in [-0.2, -0.15) is 0 Å². The molecule has 5 heteroatoms. The number of hydrogen-bond acceptors (Lipinski definition) is 3. The number of halogens is 1. The van der Waals surface area contributed by atoms with Crippen LogP contribution in [0.3, 0.4) is 0 Å². The standard InChI is InChI=1S/C19H19ClN2O2/c1-11-8-12(2)18(13(3)9-11)21-15-10-17(23)22(19(15)24)16-7-5-4-6-14(16)20/h4-9,15,21H,10H2,1-3H3/t15-/m0/s1. The van der Waals surface area contributed by atoms with Crippen molar-refractivity contribution in [3.8, 4) is 0 Å². The number of rotatable bonds is 3. The molecule has 0 unspecified atom stereocenters. The number of imide groups is 1. The maximum atomic E-state index is 12.7. The molecule has 124 valence electrons. The third-order valence-electron chi connectivity index (χ3n) is 4.24. The fourth-order valence-electron chi connectivity index (χ4n) is 3.21. The molecule has 1 aliphatic heterocycles. The number of aryl methyl sites for hydroxylation is 3. The van der Waals surface area contributed by atoms with Gasteiger partial charge in [-0.05, 0) is 44.0 Å². The summed E-state index contributed by atoms with van der Waals surface area (Å²) in [7, 11) is 0. The second kappa shape index (κ2) is 6.29. The van der Waals surface area contributed by atoms with Crippen molar-refractivity contribution in [1.29, 1.82) is 0 Å². The maximum Gasteiger partial charge on any atom is 0.256 e. The van der Waals surface area contributed by atoms with E-state index in [0.717, 1.165) is 16.8 Å². The van der Waals surface area contributed by atoms with E-state index < -0.39 is 6.04 Å². The minimum atomic E-state index is -0.575. The van der Waals surface area contributed by atoms with E-state index in [2.05, 4.69) is 17.4 Å². The first-order chi connectivity index (χ1) is 11.4. The van der Waals surface area contributed by atoms with Gasteiger partial charge in [-0.1, -0.05) is 41.4 Å². The lowest BCUT2D eigenvalue weighted by Gasteiger charge is -2.19. The number of anilines is 2. The number of carbonyl (C=O) groups is 2. The smallest absolute Gasteiger partial charge is 0.256 e. The van der Waals surface area contributed by atoms with Gasteiger partial charge in [0.25, 0.3) is 5.91 Å². The van der Waals surface area contributed by atoms with E-state index >= 15 is 0 Å². The van der Waals surface area contributed by atoms with Crippen LogP contribution in [0.25, 0.3) is 0 Å². The zero-order chi connectivity index (χ0) is 17.4. The van der Waals surface area contributed by atoms with Gasteiger partial charge in [-0.25, -0.2) is 4.90 Å². The zero-order valence-electron chi connectivity index (χ0n) is 13.9. The van der Waals surface area contributed by atoms with Gasteiger partial charge in [-0.3, -0.25) is 9.59 Å². The molecule has 0 spiro atoms. The zero-order valence-corrected chi connectivity index (χ0v) is 14.6. The molecular formula is C19H19ClN2O2. The molecule has 2 amide bonds. The van der Waals surface area contributed by atoms with Gasteiger partial charge in [0, 0.05) is 5.69 Å². The number of hydrogen-bond donors (Lipinski definition) is 1. The Hall–Kier alpha value is -2.33. The SMILES string of the molecule is Cc1cc(C)c(N[C@H]2CC(=O)N(c3ccccc3Cl)C2=O)c(C)c1.